The number of aryl methyl sites for hydroxylation is 1. The molecule has 4 N–H and O–H groups in total. The quantitative estimate of drug-likeness (QED) is 0.794. The third kappa shape index (κ3) is 2.29. The summed E-state index contributed by atoms with van der Waals surface area (Å²) in [7, 11) is 0. The van der Waals surface area contributed by atoms with Gasteiger partial charge in [-0.05, 0) is 18.6 Å². The number of hydrogen-bond acceptors (Lipinski definition) is 5. The lowest BCUT2D eigenvalue weighted by Crippen LogP contribution is -2.02. The molecule has 2 heterocycles. The van der Waals surface area contributed by atoms with Gasteiger partial charge in [0.25, 0.3) is 0 Å². The van der Waals surface area contributed by atoms with E-state index in [1.807, 2.05) is 13.0 Å². The van der Waals surface area contributed by atoms with Gasteiger partial charge in [-0.2, -0.15) is 0 Å². The molecule has 0 saturated carbocycles. The molecule has 0 aliphatic rings. The van der Waals surface area contributed by atoms with Gasteiger partial charge in [-0.15, -0.1) is 0 Å². The first kappa shape index (κ1) is 11.6. The lowest BCUT2D eigenvalue weighted by Gasteiger charge is -2.09. The van der Waals surface area contributed by atoms with Gasteiger partial charge in [0.05, 0.1) is 5.69 Å². The molecule has 2 rings (SSSR count). The molecule has 0 unspecified atom stereocenters. The van der Waals surface area contributed by atoms with Crippen molar-refractivity contribution in [2.24, 2.45) is 0 Å². The summed E-state index contributed by atoms with van der Waals surface area (Å²) in [4.78, 5) is 12.2. The Morgan fingerprint density at radius 3 is 2.59 bits per heavy atom. The second-order valence-electron chi connectivity index (χ2n) is 3.52. The number of anilines is 2. The van der Waals surface area contributed by atoms with Crippen molar-refractivity contribution < 1.29 is 0 Å². The van der Waals surface area contributed by atoms with E-state index < -0.39 is 0 Å². The average Bonchev–Trinajstić information content (AvgIpc) is 2.30. The van der Waals surface area contributed by atoms with E-state index in [1.165, 1.54) is 0 Å². The van der Waals surface area contributed by atoms with Crippen molar-refractivity contribution in [2.75, 3.05) is 11.5 Å². The van der Waals surface area contributed by atoms with Crippen LogP contribution in [0.1, 0.15) is 12.6 Å². The summed E-state index contributed by atoms with van der Waals surface area (Å²) in [5, 5.41) is 0.334. The van der Waals surface area contributed by atoms with Crippen molar-refractivity contribution in [3.8, 4) is 11.1 Å². The van der Waals surface area contributed by atoms with Gasteiger partial charge in [-0.3, -0.25) is 0 Å². The third-order valence-electron chi connectivity index (χ3n) is 2.37. The molecule has 0 aliphatic carbocycles. The maximum atomic E-state index is 6.10. The Hall–Kier alpha value is -1.88. The van der Waals surface area contributed by atoms with E-state index in [0.29, 0.717) is 17.4 Å². The first-order valence-corrected chi connectivity index (χ1v) is 5.53. The molecule has 0 amide bonds. The second kappa shape index (κ2) is 4.55. The van der Waals surface area contributed by atoms with Crippen molar-refractivity contribution in [1.82, 2.24) is 15.0 Å². The molecule has 2 aromatic rings. The topological polar surface area (TPSA) is 90.7 Å². The Morgan fingerprint density at radius 2 is 2.00 bits per heavy atom. The molecule has 0 spiro atoms. The highest BCUT2D eigenvalue weighted by atomic mass is 35.5. The first-order chi connectivity index (χ1) is 8.11. The van der Waals surface area contributed by atoms with Gasteiger partial charge in [0, 0.05) is 17.3 Å². The van der Waals surface area contributed by atoms with E-state index in [1.54, 1.807) is 12.3 Å². The molecule has 6 heteroatoms. The molecule has 2 aromatic heterocycles. The molecule has 88 valence electrons. The zero-order valence-electron chi connectivity index (χ0n) is 9.31. The largest absolute Gasteiger partial charge is 0.384 e. The van der Waals surface area contributed by atoms with Crippen LogP contribution in [-0.2, 0) is 6.42 Å². The minimum Gasteiger partial charge on any atom is -0.384 e. The summed E-state index contributed by atoms with van der Waals surface area (Å²) in [5.74, 6) is 0.637. The van der Waals surface area contributed by atoms with E-state index >= 15 is 0 Å². The lowest BCUT2D eigenvalue weighted by molar-refractivity contribution is 1.01. The van der Waals surface area contributed by atoms with Crippen molar-refractivity contribution in [3.63, 3.8) is 0 Å². The van der Waals surface area contributed by atoms with E-state index in [-0.39, 0.29) is 5.95 Å². The molecule has 0 fully saturated rings. The monoisotopic (exact) mass is 249 g/mol. The SMILES string of the molecule is CCc1nc(N)nc(Cl)c1-c1ccc(N)nc1. The molecule has 0 saturated heterocycles. The highest BCUT2D eigenvalue weighted by Gasteiger charge is 2.13. The first-order valence-electron chi connectivity index (χ1n) is 5.15. The Kier molecular flexibility index (Phi) is 3.10. The van der Waals surface area contributed by atoms with Crippen LogP contribution in [-0.4, -0.2) is 15.0 Å². The normalized spacial score (nSPS) is 10.5. The van der Waals surface area contributed by atoms with E-state index in [4.69, 9.17) is 23.1 Å². The van der Waals surface area contributed by atoms with Crippen LogP contribution in [0.2, 0.25) is 5.15 Å². The van der Waals surface area contributed by atoms with Gasteiger partial charge in [-0.25, -0.2) is 15.0 Å². The van der Waals surface area contributed by atoms with Gasteiger partial charge >= 0.3 is 0 Å². The Balaban J connectivity index is 2.61. The number of rotatable bonds is 2. The molecule has 17 heavy (non-hydrogen) atoms. The van der Waals surface area contributed by atoms with Crippen molar-refractivity contribution >= 4 is 23.4 Å². The molecule has 0 radical (unpaired) electrons. The van der Waals surface area contributed by atoms with E-state index in [2.05, 4.69) is 15.0 Å². The predicted molar refractivity (Wildman–Crippen MR) is 68.5 cm³/mol. The summed E-state index contributed by atoms with van der Waals surface area (Å²) >= 11 is 6.10. The number of halogens is 1. The predicted octanol–water partition coefficient (Wildman–Crippen LogP) is 1.92. The van der Waals surface area contributed by atoms with Gasteiger partial charge in [-0.1, -0.05) is 18.5 Å². The molecule has 0 bridgehead atoms. The van der Waals surface area contributed by atoms with Crippen LogP contribution < -0.4 is 11.5 Å². The van der Waals surface area contributed by atoms with Gasteiger partial charge < -0.3 is 11.5 Å². The van der Waals surface area contributed by atoms with Crippen LogP contribution in [0.4, 0.5) is 11.8 Å². The summed E-state index contributed by atoms with van der Waals surface area (Å²) in [5.41, 5.74) is 13.5. The zero-order valence-corrected chi connectivity index (χ0v) is 10.1. The Morgan fingerprint density at radius 1 is 1.24 bits per heavy atom. The minimum atomic E-state index is 0.180. The van der Waals surface area contributed by atoms with Crippen molar-refractivity contribution in [3.05, 3.63) is 29.2 Å². The Labute approximate surface area is 104 Å². The minimum absolute atomic E-state index is 0.180. The van der Waals surface area contributed by atoms with Crippen LogP contribution in [0.5, 0.6) is 0 Å². The summed E-state index contributed by atoms with van der Waals surface area (Å²) in [6.07, 6.45) is 2.36. The van der Waals surface area contributed by atoms with Crippen LogP contribution in [0.25, 0.3) is 11.1 Å². The highest BCUT2D eigenvalue weighted by molar-refractivity contribution is 6.32. The lowest BCUT2D eigenvalue weighted by atomic mass is 10.1. The van der Waals surface area contributed by atoms with Crippen LogP contribution >= 0.6 is 11.6 Å². The standard InChI is InChI=1S/C11H12ClN5/c1-2-7-9(10(12)17-11(14)16-7)6-3-4-8(13)15-5-6/h3-5H,2H2,1H3,(H2,13,15)(H2,14,16,17). The second-order valence-corrected chi connectivity index (χ2v) is 3.88. The average molecular weight is 250 g/mol. The number of nitrogen functional groups attached to an aromatic ring is 2. The molecule has 5 nitrogen and oxygen atoms in total. The highest BCUT2D eigenvalue weighted by Crippen LogP contribution is 2.29. The fourth-order valence-electron chi connectivity index (χ4n) is 1.59. The fraction of sp³-hybridized carbons (Fsp3) is 0.182. The number of hydrogen-bond donors (Lipinski definition) is 2. The number of nitrogens with zero attached hydrogens (tertiary/aromatic N) is 3. The van der Waals surface area contributed by atoms with Gasteiger partial charge in [0.1, 0.15) is 11.0 Å². The number of nitrogens with two attached hydrogens (primary N) is 2. The third-order valence-corrected chi connectivity index (χ3v) is 2.64. The van der Waals surface area contributed by atoms with Crippen molar-refractivity contribution in [1.29, 1.82) is 0 Å². The fourth-order valence-corrected chi connectivity index (χ4v) is 1.89. The maximum Gasteiger partial charge on any atom is 0.221 e. The maximum absolute atomic E-state index is 6.10. The van der Waals surface area contributed by atoms with Gasteiger partial charge in [0.15, 0.2) is 0 Å². The molecular weight excluding hydrogens is 238 g/mol. The molecule has 0 aliphatic heterocycles. The van der Waals surface area contributed by atoms with Crippen LogP contribution in [0.15, 0.2) is 18.3 Å². The van der Waals surface area contributed by atoms with Crippen LogP contribution in [0.3, 0.4) is 0 Å². The van der Waals surface area contributed by atoms with Crippen molar-refractivity contribution in [2.45, 2.75) is 13.3 Å². The number of aromatic nitrogens is 3. The molecular formula is C11H12ClN5. The molecule has 0 aromatic carbocycles. The Bertz CT molecular complexity index is 538. The smallest absolute Gasteiger partial charge is 0.221 e. The summed E-state index contributed by atoms with van der Waals surface area (Å²) < 4.78 is 0. The van der Waals surface area contributed by atoms with Crippen LogP contribution in [0, 0.1) is 0 Å². The van der Waals surface area contributed by atoms with E-state index in [0.717, 1.165) is 16.8 Å². The zero-order chi connectivity index (χ0) is 12.4. The number of pyridine rings is 1. The van der Waals surface area contributed by atoms with Gasteiger partial charge in [0.2, 0.25) is 5.95 Å². The summed E-state index contributed by atoms with van der Waals surface area (Å²) in [6.45, 7) is 1.98. The summed E-state index contributed by atoms with van der Waals surface area (Å²) in [6, 6.07) is 3.55. The molecule has 0 atom stereocenters. The van der Waals surface area contributed by atoms with E-state index in [9.17, 15) is 0 Å².